The number of urea groups is 1. The molecule has 0 atom stereocenters. The molecule has 0 aliphatic heterocycles. The smallest absolute Gasteiger partial charge is 0.312 e. The lowest BCUT2D eigenvalue weighted by atomic mass is 9.96. The first-order chi connectivity index (χ1) is 8.29. The fraction of sp³-hybridized carbons (Fsp3) is 0.545. The summed E-state index contributed by atoms with van der Waals surface area (Å²) in [4.78, 5) is 19.1. The summed E-state index contributed by atoms with van der Waals surface area (Å²) in [5.74, 6) is 1.73. The fourth-order valence-electron chi connectivity index (χ4n) is 1.27. The zero-order valence-electron chi connectivity index (χ0n) is 10.9. The van der Waals surface area contributed by atoms with Crippen LogP contribution in [0, 0.1) is 0 Å². The van der Waals surface area contributed by atoms with Gasteiger partial charge in [-0.25, -0.2) is 14.8 Å². The second kappa shape index (κ2) is 5.52. The molecule has 1 heterocycles. The number of carbonyl (C=O) groups excluding carboxylic acids is 1. The van der Waals surface area contributed by atoms with Crippen molar-refractivity contribution < 1.29 is 4.79 Å². The van der Waals surface area contributed by atoms with Gasteiger partial charge in [0.2, 0.25) is 0 Å². The van der Waals surface area contributed by atoms with Crippen molar-refractivity contribution >= 4 is 17.7 Å². The van der Waals surface area contributed by atoms with Crippen LogP contribution >= 0.6 is 0 Å². The number of nitrogens with two attached hydrogens (primary N) is 2. The summed E-state index contributed by atoms with van der Waals surface area (Å²) in [5.41, 5.74) is 10.5. The van der Waals surface area contributed by atoms with Crippen molar-refractivity contribution in [3.8, 4) is 0 Å². The second-order valence-electron chi connectivity index (χ2n) is 4.97. The lowest BCUT2D eigenvalue weighted by molar-refractivity contribution is 0.249. The van der Waals surface area contributed by atoms with Gasteiger partial charge in [-0.3, -0.25) is 0 Å². The minimum absolute atomic E-state index is 0.169. The molecule has 0 spiro atoms. The molecule has 0 unspecified atom stereocenters. The topological polar surface area (TPSA) is 119 Å². The third-order valence-electron chi connectivity index (χ3n) is 2.15. The van der Waals surface area contributed by atoms with E-state index in [9.17, 15) is 4.79 Å². The number of rotatable bonds is 4. The van der Waals surface area contributed by atoms with Gasteiger partial charge in [0.1, 0.15) is 17.5 Å². The monoisotopic (exact) mass is 252 g/mol. The SMILES string of the molecule is CC(C)(C)c1nc(N)cc(NCCNC(N)=O)n1. The van der Waals surface area contributed by atoms with E-state index in [0.717, 1.165) is 0 Å². The second-order valence-corrected chi connectivity index (χ2v) is 4.97. The molecule has 7 heteroatoms. The van der Waals surface area contributed by atoms with Crippen LogP contribution in [0.2, 0.25) is 0 Å². The molecule has 7 nitrogen and oxygen atoms in total. The molecule has 0 aliphatic carbocycles. The third-order valence-corrected chi connectivity index (χ3v) is 2.15. The Kier molecular flexibility index (Phi) is 4.30. The van der Waals surface area contributed by atoms with E-state index in [2.05, 4.69) is 20.6 Å². The normalized spacial score (nSPS) is 11.1. The minimum Gasteiger partial charge on any atom is -0.384 e. The van der Waals surface area contributed by atoms with E-state index in [1.807, 2.05) is 20.8 Å². The highest BCUT2D eigenvalue weighted by Gasteiger charge is 2.18. The van der Waals surface area contributed by atoms with E-state index in [1.165, 1.54) is 0 Å². The van der Waals surface area contributed by atoms with E-state index >= 15 is 0 Å². The van der Waals surface area contributed by atoms with E-state index in [4.69, 9.17) is 11.5 Å². The Morgan fingerprint density at radius 3 is 2.56 bits per heavy atom. The molecular formula is C11H20N6O. The Bertz CT molecular complexity index is 426. The number of nitrogens with zero attached hydrogens (tertiary/aromatic N) is 2. The predicted molar refractivity (Wildman–Crippen MR) is 71.2 cm³/mol. The van der Waals surface area contributed by atoms with E-state index in [-0.39, 0.29) is 5.41 Å². The molecular weight excluding hydrogens is 232 g/mol. The number of anilines is 2. The van der Waals surface area contributed by atoms with Crippen molar-refractivity contribution in [3.05, 3.63) is 11.9 Å². The maximum atomic E-state index is 10.5. The van der Waals surface area contributed by atoms with Crippen LogP contribution in [0.5, 0.6) is 0 Å². The Labute approximate surface area is 106 Å². The van der Waals surface area contributed by atoms with Gasteiger partial charge in [0.05, 0.1) is 0 Å². The van der Waals surface area contributed by atoms with Gasteiger partial charge in [-0.1, -0.05) is 20.8 Å². The van der Waals surface area contributed by atoms with Crippen LogP contribution in [0.4, 0.5) is 16.4 Å². The van der Waals surface area contributed by atoms with Crippen molar-refractivity contribution in [1.29, 1.82) is 0 Å². The van der Waals surface area contributed by atoms with Gasteiger partial charge < -0.3 is 22.1 Å². The first kappa shape index (κ1) is 14.0. The van der Waals surface area contributed by atoms with Crippen molar-refractivity contribution in [2.45, 2.75) is 26.2 Å². The van der Waals surface area contributed by atoms with E-state index < -0.39 is 6.03 Å². The number of primary amides is 1. The number of nitrogen functional groups attached to an aromatic ring is 1. The lowest BCUT2D eigenvalue weighted by Crippen LogP contribution is -2.33. The Morgan fingerprint density at radius 2 is 2.00 bits per heavy atom. The number of hydrogen-bond donors (Lipinski definition) is 4. The average Bonchev–Trinajstić information content (AvgIpc) is 2.22. The maximum Gasteiger partial charge on any atom is 0.312 e. The highest BCUT2D eigenvalue weighted by molar-refractivity contribution is 5.71. The largest absolute Gasteiger partial charge is 0.384 e. The molecule has 2 amide bonds. The molecule has 0 aromatic carbocycles. The Balaban J connectivity index is 2.66. The van der Waals surface area contributed by atoms with Gasteiger partial charge >= 0.3 is 6.03 Å². The van der Waals surface area contributed by atoms with Crippen LogP contribution in [0.25, 0.3) is 0 Å². The van der Waals surface area contributed by atoms with Crippen molar-refractivity contribution in [1.82, 2.24) is 15.3 Å². The van der Waals surface area contributed by atoms with Crippen molar-refractivity contribution in [3.63, 3.8) is 0 Å². The van der Waals surface area contributed by atoms with Gasteiger partial charge in [-0.2, -0.15) is 0 Å². The van der Waals surface area contributed by atoms with Gasteiger partial charge in [-0.15, -0.1) is 0 Å². The Hall–Kier alpha value is -2.05. The molecule has 6 N–H and O–H groups in total. The highest BCUT2D eigenvalue weighted by Crippen LogP contribution is 2.20. The minimum atomic E-state index is -0.547. The van der Waals surface area contributed by atoms with Crippen LogP contribution in [-0.2, 0) is 5.41 Å². The summed E-state index contributed by atoms with van der Waals surface area (Å²) < 4.78 is 0. The number of carbonyl (C=O) groups is 1. The van der Waals surface area contributed by atoms with Crippen molar-refractivity contribution in [2.75, 3.05) is 24.1 Å². The number of aromatic nitrogens is 2. The van der Waals surface area contributed by atoms with Crippen molar-refractivity contribution in [2.24, 2.45) is 5.73 Å². The molecule has 18 heavy (non-hydrogen) atoms. The van der Waals surface area contributed by atoms with Gasteiger partial charge in [0.15, 0.2) is 0 Å². The molecule has 0 aliphatic rings. The Morgan fingerprint density at radius 1 is 1.33 bits per heavy atom. The average molecular weight is 252 g/mol. The molecule has 1 rings (SSSR count). The van der Waals surface area contributed by atoms with Crippen LogP contribution in [0.1, 0.15) is 26.6 Å². The molecule has 1 aromatic rings. The van der Waals surface area contributed by atoms with Crippen LogP contribution in [0.15, 0.2) is 6.07 Å². The van der Waals surface area contributed by atoms with Gasteiger partial charge in [0.25, 0.3) is 0 Å². The summed E-state index contributed by atoms with van der Waals surface area (Å²) in [6.45, 7) is 6.98. The fourth-order valence-corrected chi connectivity index (χ4v) is 1.27. The predicted octanol–water partition coefficient (Wildman–Crippen LogP) is 0.437. The van der Waals surface area contributed by atoms with E-state index in [1.54, 1.807) is 6.07 Å². The van der Waals surface area contributed by atoms with Gasteiger partial charge in [-0.05, 0) is 0 Å². The third kappa shape index (κ3) is 4.44. The first-order valence-corrected chi connectivity index (χ1v) is 5.71. The summed E-state index contributed by atoms with van der Waals surface area (Å²) in [7, 11) is 0. The first-order valence-electron chi connectivity index (χ1n) is 5.71. The molecule has 0 bridgehead atoms. The molecule has 0 saturated carbocycles. The molecule has 100 valence electrons. The summed E-state index contributed by atoms with van der Waals surface area (Å²) >= 11 is 0. The zero-order chi connectivity index (χ0) is 13.8. The molecule has 0 fully saturated rings. The molecule has 0 saturated heterocycles. The number of nitrogens with one attached hydrogen (secondary N) is 2. The summed E-state index contributed by atoms with van der Waals surface area (Å²) in [5, 5.41) is 5.53. The number of amides is 2. The molecule has 1 aromatic heterocycles. The standard InChI is InChI=1S/C11H20N6O/c1-11(2,3)9-16-7(12)6-8(17-9)14-4-5-15-10(13)18/h6H,4-5H2,1-3H3,(H3,13,15,18)(H3,12,14,16,17). The maximum absolute atomic E-state index is 10.5. The lowest BCUT2D eigenvalue weighted by Gasteiger charge is -2.18. The zero-order valence-corrected chi connectivity index (χ0v) is 10.9. The summed E-state index contributed by atoms with van der Waals surface area (Å²) in [6, 6.07) is 1.11. The quantitative estimate of drug-likeness (QED) is 0.580. The van der Waals surface area contributed by atoms with Crippen LogP contribution in [-0.4, -0.2) is 29.1 Å². The van der Waals surface area contributed by atoms with E-state index in [0.29, 0.717) is 30.5 Å². The number of hydrogen-bond acceptors (Lipinski definition) is 5. The van der Waals surface area contributed by atoms with Crippen LogP contribution < -0.4 is 22.1 Å². The van der Waals surface area contributed by atoms with Crippen LogP contribution in [0.3, 0.4) is 0 Å². The van der Waals surface area contributed by atoms with Gasteiger partial charge in [0, 0.05) is 24.6 Å². The molecule has 0 radical (unpaired) electrons. The summed E-state index contributed by atoms with van der Waals surface area (Å²) in [6.07, 6.45) is 0. The highest BCUT2D eigenvalue weighted by atomic mass is 16.2.